The molecule has 0 saturated heterocycles. The molecule has 1 aliphatic heterocycles. The van der Waals surface area contributed by atoms with E-state index in [1.165, 1.54) is 0 Å². The minimum Gasteiger partial charge on any atom is -0.450 e. The van der Waals surface area contributed by atoms with Crippen LogP contribution in [0.4, 0.5) is 16.2 Å². The van der Waals surface area contributed by atoms with Gasteiger partial charge in [0.25, 0.3) is 0 Å². The Labute approximate surface area is 188 Å². The van der Waals surface area contributed by atoms with Crippen LogP contribution in [0, 0.1) is 0 Å². The van der Waals surface area contributed by atoms with Gasteiger partial charge in [-0.15, -0.1) is 0 Å². The summed E-state index contributed by atoms with van der Waals surface area (Å²) < 4.78 is 4.92. The number of rotatable bonds is 4. The van der Waals surface area contributed by atoms with Crippen molar-refractivity contribution in [1.29, 1.82) is 0 Å². The molecule has 32 heavy (non-hydrogen) atoms. The van der Waals surface area contributed by atoms with Crippen molar-refractivity contribution in [2.75, 3.05) is 17.2 Å². The van der Waals surface area contributed by atoms with Gasteiger partial charge in [-0.1, -0.05) is 17.7 Å². The first-order valence-corrected chi connectivity index (χ1v) is 10.4. The van der Waals surface area contributed by atoms with Gasteiger partial charge < -0.3 is 15.0 Å². The van der Waals surface area contributed by atoms with Gasteiger partial charge in [-0.05, 0) is 54.4 Å². The van der Waals surface area contributed by atoms with E-state index in [4.69, 9.17) is 16.3 Å². The molecule has 0 radical (unpaired) electrons. The average Bonchev–Trinajstić information content (AvgIpc) is 3.36. The van der Waals surface area contributed by atoms with Crippen molar-refractivity contribution in [1.82, 2.24) is 15.0 Å². The molecule has 0 unspecified atom stereocenters. The summed E-state index contributed by atoms with van der Waals surface area (Å²) in [6, 6.07) is 12.9. The number of hydrogen-bond acceptors (Lipinski definition) is 5. The number of hydrogen-bond donors (Lipinski definition) is 3. The van der Waals surface area contributed by atoms with Crippen LogP contribution in [0.15, 0.2) is 48.7 Å². The summed E-state index contributed by atoms with van der Waals surface area (Å²) in [5.74, 6) is 0.534. The number of benzene rings is 2. The number of nitrogens with zero attached hydrogens (tertiary/aromatic N) is 2. The maximum absolute atomic E-state index is 11.7. The van der Waals surface area contributed by atoms with Gasteiger partial charge in [0.15, 0.2) is 5.65 Å². The zero-order chi connectivity index (χ0) is 22.2. The van der Waals surface area contributed by atoms with Crippen LogP contribution in [0.3, 0.4) is 0 Å². The molecule has 4 aromatic rings. The van der Waals surface area contributed by atoms with E-state index in [1.54, 1.807) is 31.3 Å². The molecule has 2 amide bonds. The molecule has 5 rings (SSSR count). The minimum atomic E-state index is -0.539. The van der Waals surface area contributed by atoms with Crippen molar-refractivity contribution in [2.24, 2.45) is 0 Å². The molecule has 160 valence electrons. The number of nitrogens with one attached hydrogen (secondary N) is 3. The van der Waals surface area contributed by atoms with Gasteiger partial charge in [0, 0.05) is 28.7 Å². The Balaban J connectivity index is 1.48. The molecular weight excluding hydrogens is 430 g/mol. The molecule has 1 aliphatic rings. The first kappa shape index (κ1) is 20.0. The molecule has 3 N–H and O–H groups in total. The minimum absolute atomic E-state index is 0.000456. The second kappa shape index (κ2) is 7.97. The number of fused-ring (bicyclic) bond motifs is 2. The van der Waals surface area contributed by atoms with Crippen LogP contribution in [0.5, 0.6) is 0 Å². The Morgan fingerprint density at radius 3 is 2.91 bits per heavy atom. The number of carbonyl (C=O) groups excluding carboxylic acids is 2. The number of pyridine rings is 1. The molecule has 0 atom stereocenters. The van der Waals surface area contributed by atoms with Crippen LogP contribution in [0.1, 0.15) is 12.5 Å². The number of ether oxygens (including phenoxy) is 1. The molecule has 3 heterocycles. The molecule has 0 saturated carbocycles. The van der Waals surface area contributed by atoms with Crippen molar-refractivity contribution in [3.8, 4) is 22.5 Å². The Kier molecular flexibility index (Phi) is 4.99. The Hall–Kier alpha value is -3.91. The third-order valence-corrected chi connectivity index (χ3v) is 5.47. The van der Waals surface area contributed by atoms with E-state index in [0.29, 0.717) is 34.2 Å². The number of imidazole rings is 1. The second-order valence-electron chi connectivity index (χ2n) is 7.32. The van der Waals surface area contributed by atoms with E-state index in [2.05, 4.69) is 25.6 Å². The van der Waals surface area contributed by atoms with Crippen LogP contribution >= 0.6 is 11.6 Å². The summed E-state index contributed by atoms with van der Waals surface area (Å²) in [6.07, 6.45) is 1.59. The van der Waals surface area contributed by atoms with Crippen molar-refractivity contribution >= 4 is 46.1 Å². The van der Waals surface area contributed by atoms with Crippen molar-refractivity contribution in [3.05, 3.63) is 59.2 Å². The highest BCUT2D eigenvalue weighted by molar-refractivity contribution is 6.33. The van der Waals surface area contributed by atoms with Crippen LogP contribution < -0.4 is 10.6 Å². The van der Waals surface area contributed by atoms with Crippen molar-refractivity contribution in [3.63, 3.8) is 0 Å². The number of H-pyrrole nitrogens is 1. The maximum atomic E-state index is 11.7. The van der Waals surface area contributed by atoms with E-state index in [1.807, 2.05) is 24.3 Å². The third kappa shape index (κ3) is 3.76. The van der Waals surface area contributed by atoms with E-state index < -0.39 is 6.09 Å². The lowest BCUT2D eigenvalue weighted by Gasteiger charge is -2.07. The van der Waals surface area contributed by atoms with Gasteiger partial charge in [0.2, 0.25) is 5.91 Å². The quantitative estimate of drug-likeness (QED) is 0.407. The first-order valence-electron chi connectivity index (χ1n) is 10.0. The first-order chi connectivity index (χ1) is 15.5. The standard InChI is InChI=1S/C23H18ClN5O3/c1-2-32-23(31)26-15-4-5-17(24)16(10-15)21-28-19-8-14(11-25-22(19)29-21)12-3-6-18-13(7-12)9-20(30)27-18/h3-8,10-11H,2,9H2,1H3,(H,26,31)(H,27,30)(H,25,28,29). The molecule has 0 aliphatic carbocycles. The summed E-state index contributed by atoms with van der Waals surface area (Å²) >= 11 is 6.39. The van der Waals surface area contributed by atoms with Gasteiger partial charge >= 0.3 is 6.09 Å². The molecule has 0 spiro atoms. The number of aromatic nitrogens is 3. The molecule has 0 bridgehead atoms. The van der Waals surface area contributed by atoms with E-state index in [0.717, 1.165) is 27.9 Å². The van der Waals surface area contributed by atoms with E-state index >= 15 is 0 Å². The summed E-state index contributed by atoms with van der Waals surface area (Å²) in [5, 5.41) is 5.98. The normalized spacial score (nSPS) is 12.5. The lowest BCUT2D eigenvalue weighted by molar-refractivity contribution is -0.115. The lowest BCUT2D eigenvalue weighted by atomic mass is 10.0. The maximum Gasteiger partial charge on any atom is 0.411 e. The van der Waals surface area contributed by atoms with Gasteiger partial charge in [-0.3, -0.25) is 10.1 Å². The Bertz CT molecular complexity index is 1380. The molecule has 2 aromatic carbocycles. The highest BCUT2D eigenvalue weighted by Crippen LogP contribution is 2.32. The molecule has 8 nitrogen and oxygen atoms in total. The van der Waals surface area contributed by atoms with E-state index in [9.17, 15) is 9.59 Å². The van der Waals surface area contributed by atoms with Gasteiger partial charge in [-0.2, -0.15) is 0 Å². The molecular formula is C23H18ClN5O3. The number of carbonyl (C=O) groups is 2. The molecule has 0 fully saturated rings. The molecule has 9 heteroatoms. The zero-order valence-corrected chi connectivity index (χ0v) is 17.8. The van der Waals surface area contributed by atoms with Crippen LogP contribution in [0.2, 0.25) is 5.02 Å². The number of amides is 2. The third-order valence-electron chi connectivity index (χ3n) is 5.14. The summed E-state index contributed by atoms with van der Waals surface area (Å²) in [5.41, 5.74) is 6.13. The number of aromatic amines is 1. The average molecular weight is 448 g/mol. The summed E-state index contributed by atoms with van der Waals surface area (Å²) in [6.45, 7) is 2.02. The molecule has 2 aromatic heterocycles. The number of halogens is 1. The largest absolute Gasteiger partial charge is 0.450 e. The summed E-state index contributed by atoms with van der Waals surface area (Å²) in [7, 11) is 0. The monoisotopic (exact) mass is 447 g/mol. The SMILES string of the molecule is CCOC(=O)Nc1ccc(Cl)c(-c2nc3ncc(-c4ccc5c(c4)CC(=O)N5)cc3[nH]2)c1. The van der Waals surface area contributed by atoms with Gasteiger partial charge in [-0.25, -0.2) is 14.8 Å². The highest BCUT2D eigenvalue weighted by Gasteiger charge is 2.18. The highest BCUT2D eigenvalue weighted by atomic mass is 35.5. The van der Waals surface area contributed by atoms with Crippen molar-refractivity contribution < 1.29 is 14.3 Å². The second-order valence-corrected chi connectivity index (χ2v) is 7.72. The summed E-state index contributed by atoms with van der Waals surface area (Å²) in [4.78, 5) is 35.6. The van der Waals surface area contributed by atoms with Gasteiger partial charge in [0.05, 0.1) is 23.6 Å². The van der Waals surface area contributed by atoms with Gasteiger partial charge in [0.1, 0.15) is 5.82 Å². The number of anilines is 2. The fourth-order valence-corrected chi connectivity index (χ4v) is 3.87. The Morgan fingerprint density at radius 1 is 1.19 bits per heavy atom. The van der Waals surface area contributed by atoms with Crippen LogP contribution in [-0.4, -0.2) is 33.6 Å². The van der Waals surface area contributed by atoms with E-state index in [-0.39, 0.29) is 12.5 Å². The van der Waals surface area contributed by atoms with Crippen LogP contribution in [-0.2, 0) is 16.0 Å². The smallest absolute Gasteiger partial charge is 0.411 e. The topological polar surface area (TPSA) is 109 Å². The predicted octanol–water partition coefficient (Wildman–Crippen LogP) is 5.01. The fraction of sp³-hybridized carbons (Fsp3) is 0.130. The predicted molar refractivity (Wildman–Crippen MR) is 123 cm³/mol. The lowest BCUT2D eigenvalue weighted by Crippen LogP contribution is -2.13. The fourth-order valence-electron chi connectivity index (χ4n) is 3.66. The Morgan fingerprint density at radius 2 is 2.06 bits per heavy atom. The zero-order valence-electron chi connectivity index (χ0n) is 17.0. The van der Waals surface area contributed by atoms with Crippen LogP contribution in [0.25, 0.3) is 33.7 Å². The van der Waals surface area contributed by atoms with Crippen molar-refractivity contribution in [2.45, 2.75) is 13.3 Å².